The summed E-state index contributed by atoms with van der Waals surface area (Å²) in [6.45, 7) is 6.16. The Labute approximate surface area is 139 Å². The molecule has 1 aromatic carbocycles. The lowest BCUT2D eigenvalue weighted by Crippen LogP contribution is -2.47. The van der Waals surface area contributed by atoms with Crippen molar-refractivity contribution in [2.24, 2.45) is 0 Å². The number of anilines is 1. The van der Waals surface area contributed by atoms with E-state index in [1.165, 1.54) is 56.9 Å². The van der Waals surface area contributed by atoms with E-state index in [0.29, 0.717) is 6.04 Å². The lowest BCUT2D eigenvalue weighted by atomic mass is 10.0. The molecule has 1 N–H and O–H groups in total. The molecule has 0 spiro atoms. The predicted molar refractivity (Wildman–Crippen MR) is 98.0 cm³/mol. The molecule has 3 rings (SSSR count). The van der Waals surface area contributed by atoms with Gasteiger partial charge in [-0.2, -0.15) is 11.8 Å². The Hall–Kier alpha value is -0.710. The van der Waals surface area contributed by atoms with Crippen molar-refractivity contribution in [3.63, 3.8) is 0 Å². The quantitative estimate of drug-likeness (QED) is 0.868. The molecule has 4 heteroatoms. The van der Waals surface area contributed by atoms with Gasteiger partial charge in [-0.3, -0.25) is 0 Å². The van der Waals surface area contributed by atoms with E-state index in [-0.39, 0.29) is 0 Å². The van der Waals surface area contributed by atoms with Crippen LogP contribution < -0.4 is 10.2 Å². The molecule has 2 saturated heterocycles. The first-order chi connectivity index (χ1) is 10.8. The molecule has 2 aliphatic heterocycles. The van der Waals surface area contributed by atoms with Crippen molar-refractivity contribution < 1.29 is 0 Å². The fourth-order valence-corrected chi connectivity index (χ4v) is 4.09. The van der Waals surface area contributed by atoms with Crippen LogP contribution in [-0.2, 0) is 0 Å². The molecule has 1 unspecified atom stereocenters. The first kappa shape index (κ1) is 16.2. The molecule has 0 bridgehead atoms. The SMILES string of the molecule is CSCCN1CCC(NC2CCN(c3ccccc3)C2)CC1. The third kappa shape index (κ3) is 4.40. The molecule has 122 valence electrons. The molecule has 0 amide bonds. The lowest BCUT2D eigenvalue weighted by Gasteiger charge is -2.33. The van der Waals surface area contributed by atoms with Gasteiger partial charge in [0, 0.05) is 43.2 Å². The highest BCUT2D eigenvalue weighted by Crippen LogP contribution is 2.21. The maximum atomic E-state index is 3.92. The number of nitrogens with zero attached hydrogens (tertiary/aromatic N) is 2. The summed E-state index contributed by atoms with van der Waals surface area (Å²) in [4.78, 5) is 5.14. The molecule has 1 atom stereocenters. The maximum Gasteiger partial charge on any atom is 0.0366 e. The van der Waals surface area contributed by atoms with Gasteiger partial charge in [-0.25, -0.2) is 0 Å². The van der Waals surface area contributed by atoms with Crippen LogP contribution in [-0.4, -0.2) is 61.7 Å². The average Bonchev–Trinajstić information content (AvgIpc) is 3.04. The summed E-state index contributed by atoms with van der Waals surface area (Å²) in [5, 5.41) is 3.92. The van der Waals surface area contributed by atoms with Gasteiger partial charge in [-0.05, 0) is 50.7 Å². The number of para-hydroxylation sites is 1. The van der Waals surface area contributed by atoms with Gasteiger partial charge in [-0.15, -0.1) is 0 Å². The molecule has 3 nitrogen and oxygen atoms in total. The van der Waals surface area contributed by atoms with Gasteiger partial charge in [0.05, 0.1) is 0 Å². The molecular formula is C18H29N3S. The lowest BCUT2D eigenvalue weighted by molar-refractivity contribution is 0.201. The summed E-state index contributed by atoms with van der Waals surface area (Å²) in [5.74, 6) is 1.27. The number of hydrogen-bond acceptors (Lipinski definition) is 4. The molecule has 22 heavy (non-hydrogen) atoms. The second-order valence-electron chi connectivity index (χ2n) is 6.54. The van der Waals surface area contributed by atoms with Gasteiger partial charge in [0.25, 0.3) is 0 Å². The topological polar surface area (TPSA) is 18.5 Å². The van der Waals surface area contributed by atoms with E-state index in [4.69, 9.17) is 0 Å². The summed E-state index contributed by atoms with van der Waals surface area (Å²) in [6.07, 6.45) is 6.11. The van der Waals surface area contributed by atoms with Crippen LogP contribution >= 0.6 is 11.8 Å². The average molecular weight is 320 g/mol. The third-order valence-corrected chi connectivity index (χ3v) is 5.57. The molecule has 0 radical (unpaired) electrons. The van der Waals surface area contributed by atoms with Crippen molar-refractivity contribution in [1.82, 2.24) is 10.2 Å². The van der Waals surface area contributed by atoms with E-state index >= 15 is 0 Å². The van der Waals surface area contributed by atoms with E-state index in [0.717, 1.165) is 12.6 Å². The normalized spacial score (nSPS) is 24.0. The van der Waals surface area contributed by atoms with E-state index in [1.54, 1.807) is 0 Å². The van der Waals surface area contributed by atoms with Crippen LogP contribution in [0, 0.1) is 0 Å². The van der Waals surface area contributed by atoms with Crippen molar-refractivity contribution in [3.05, 3.63) is 30.3 Å². The Morgan fingerprint density at radius 3 is 2.50 bits per heavy atom. The minimum Gasteiger partial charge on any atom is -0.370 e. The van der Waals surface area contributed by atoms with Crippen molar-refractivity contribution in [3.8, 4) is 0 Å². The molecule has 0 aliphatic carbocycles. The standard InChI is InChI=1S/C18H29N3S/c1-22-14-13-20-10-7-16(8-11-20)19-17-9-12-21(15-17)18-5-3-2-4-6-18/h2-6,16-17,19H,7-15H2,1H3. The van der Waals surface area contributed by atoms with Gasteiger partial charge >= 0.3 is 0 Å². The van der Waals surface area contributed by atoms with E-state index in [2.05, 4.69) is 51.7 Å². The number of hydrogen-bond donors (Lipinski definition) is 1. The minimum atomic E-state index is 0.669. The Balaban J connectivity index is 1.40. The predicted octanol–water partition coefficient (Wildman–Crippen LogP) is 2.68. The van der Waals surface area contributed by atoms with Crippen LogP contribution in [0.4, 0.5) is 5.69 Å². The maximum absolute atomic E-state index is 3.92. The Morgan fingerprint density at radius 2 is 1.77 bits per heavy atom. The molecule has 2 fully saturated rings. The zero-order chi connectivity index (χ0) is 15.2. The van der Waals surface area contributed by atoms with Gasteiger partial charge < -0.3 is 15.1 Å². The van der Waals surface area contributed by atoms with Crippen LogP contribution in [0.15, 0.2) is 30.3 Å². The molecule has 0 saturated carbocycles. The van der Waals surface area contributed by atoms with Gasteiger partial charge in [0.15, 0.2) is 0 Å². The van der Waals surface area contributed by atoms with Crippen molar-refractivity contribution >= 4 is 17.4 Å². The fraction of sp³-hybridized carbons (Fsp3) is 0.667. The summed E-state index contributed by atoms with van der Waals surface area (Å²) in [6, 6.07) is 12.2. The van der Waals surface area contributed by atoms with Crippen molar-refractivity contribution in [2.45, 2.75) is 31.3 Å². The van der Waals surface area contributed by atoms with Crippen molar-refractivity contribution in [2.75, 3.05) is 49.6 Å². The van der Waals surface area contributed by atoms with Crippen molar-refractivity contribution in [1.29, 1.82) is 0 Å². The molecule has 1 aromatic rings. The number of thioether (sulfide) groups is 1. The summed E-state index contributed by atoms with van der Waals surface area (Å²) < 4.78 is 0. The van der Waals surface area contributed by atoms with Crippen LogP contribution in [0.1, 0.15) is 19.3 Å². The second-order valence-corrected chi connectivity index (χ2v) is 7.53. The van der Waals surface area contributed by atoms with E-state index in [9.17, 15) is 0 Å². The highest BCUT2D eigenvalue weighted by atomic mass is 32.2. The number of nitrogens with one attached hydrogen (secondary N) is 1. The van der Waals surface area contributed by atoms with Gasteiger partial charge in [0.1, 0.15) is 0 Å². The van der Waals surface area contributed by atoms with Crippen LogP contribution in [0.3, 0.4) is 0 Å². The zero-order valence-corrected chi connectivity index (χ0v) is 14.5. The fourth-order valence-electron chi connectivity index (χ4n) is 3.65. The third-order valence-electron chi connectivity index (χ3n) is 4.98. The monoisotopic (exact) mass is 319 g/mol. The van der Waals surface area contributed by atoms with Gasteiger partial charge in [0.2, 0.25) is 0 Å². The Bertz CT molecular complexity index is 431. The van der Waals surface area contributed by atoms with Crippen LogP contribution in [0.2, 0.25) is 0 Å². The molecule has 0 aromatic heterocycles. The number of benzene rings is 1. The first-order valence-corrected chi connectivity index (χ1v) is 10.0. The highest BCUT2D eigenvalue weighted by Gasteiger charge is 2.26. The number of piperidine rings is 1. The number of rotatable bonds is 6. The molecule has 2 aliphatic rings. The largest absolute Gasteiger partial charge is 0.370 e. The van der Waals surface area contributed by atoms with Crippen LogP contribution in [0.25, 0.3) is 0 Å². The second kappa shape index (κ2) is 8.23. The first-order valence-electron chi connectivity index (χ1n) is 8.62. The van der Waals surface area contributed by atoms with E-state index < -0.39 is 0 Å². The smallest absolute Gasteiger partial charge is 0.0366 e. The molecular weight excluding hydrogens is 290 g/mol. The molecule has 2 heterocycles. The summed E-state index contributed by atoms with van der Waals surface area (Å²) in [5.41, 5.74) is 1.37. The highest BCUT2D eigenvalue weighted by molar-refractivity contribution is 7.98. The Kier molecular flexibility index (Phi) is 6.04. The zero-order valence-electron chi connectivity index (χ0n) is 13.7. The van der Waals surface area contributed by atoms with Crippen LogP contribution in [0.5, 0.6) is 0 Å². The van der Waals surface area contributed by atoms with Gasteiger partial charge in [-0.1, -0.05) is 18.2 Å². The number of likely N-dealkylation sites (tertiary alicyclic amines) is 1. The summed E-state index contributed by atoms with van der Waals surface area (Å²) >= 11 is 1.96. The minimum absolute atomic E-state index is 0.669. The van der Waals surface area contributed by atoms with E-state index in [1.807, 2.05) is 11.8 Å². The Morgan fingerprint density at radius 1 is 1.05 bits per heavy atom. The summed E-state index contributed by atoms with van der Waals surface area (Å²) in [7, 11) is 0.